The third kappa shape index (κ3) is 4.01. The van der Waals surface area contributed by atoms with Crippen LogP contribution in [0.1, 0.15) is 0 Å². The van der Waals surface area contributed by atoms with Gasteiger partial charge in [0.2, 0.25) is 5.91 Å². The van der Waals surface area contributed by atoms with Crippen molar-refractivity contribution in [1.82, 2.24) is 9.80 Å². The Balaban J connectivity index is 1.28. The average Bonchev–Trinajstić information content (AvgIpc) is 3.07. The van der Waals surface area contributed by atoms with Crippen LogP contribution in [-0.2, 0) is 14.3 Å². The summed E-state index contributed by atoms with van der Waals surface area (Å²) in [7, 11) is 2.14. The molecule has 26 heavy (non-hydrogen) atoms. The van der Waals surface area contributed by atoms with Gasteiger partial charge in [0, 0.05) is 50.1 Å². The highest BCUT2D eigenvalue weighted by molar-refractivity contribution is 5.92. The van der Waals surface area contributed by atoms with Gasteiger partial charge in [0.1, 0.15) is 0 Å². The summed E-state index contributed by atoms with van der Waals surface area (Å²) in [5.74, 6) is 0.0328. The predicted octanol–water partition coefficient (Wildman–Crippen LogP) is 0.477. The number of benzene rings is 1. The molecule has 1 N–H and O–H groups in total. The maximum atomic E-state index is 12.4. The lowest BCUT2D eigenvalue weighted by Crippen LogP contribution is -2.48. The summed E-state index contributed by atoms with van der Waals surface area (Å²) >= 11 is 0. The molecule has 3 aliphatic heterocycles. The molecule has 0 bridgehead atoms. The SMILES string of the molecule is CN1CCOC2CN(CC(=O)Nc3ccc(N4CCOCC4)cc3)CC21. The Morgan fingerprint density at radius 2 is 1.88 bits per heavy atom. The number of morpholine rings is 2. The van der Waals surface area contributed by atoms with Gasteiger partial charge >= 0.3 is 0 Å². The number of amides is 1. The summed E-state index contributed by atoms with van der Waals surface area (Å²) in [5.41, 5.74) is 2.02. The van der Waals surface area contributed by atoms with E-state index in [4.69, 9.17) is 9.47 Å². The van der Waals surface area contributed by atoms with E-state index in [2.05, 4.69) is 39.2 Å². The van der Waals surface area contributed by atoms with Crippen molar-refractivity contribution in [3.05, 3.63) is 24.3 Å². The number of nitrogens with zero attached hydrogens (tertiary/aromatic N) is 3. The predicted molar refractivity (Wildman–Crippen MR) is 101 cm³/mol. The first-order valence-electron chi connectivity index (χ1n) is 9.46. The summed E-state index contributed by atoms with van der Waals surface area (Å²) in [6.07, 6.45) is 0.231. The summed E-state index contributed by atoms with van der Waals surface area (Å²) in [6.45, 7) is 7.27. The topological polar surface area (TPSA) is 57.3 Å². The molecule has 1 aromatic rings. The summed E-state index contributed by atoms with van der Waals surface area (Å²) in [6, 6.07) is 8.49. The van der Waals surface area contributed by atoms with Crippen LogP contribution in [0.2, 0.25) is 0 Å². The van der Waals surface area contributed by atoms with Crippen LogP contribution < -0.4 is 10.2 Å². The number of nitrogens with one attached hydrogen (secondary N) is 1. The Kier molecular flexibility index (Phi) is 5.40. The van der Waals surface area contributed by atoms with Crippen LogP contribution in [0.4, 0.5) is 11.4 Å². The Labute approximate surface area is 154 Å². The van der Waals surface area contributed by atoms with Crippen molar-refractivity contribution >= 4 is 17.3 Å². The molecule has 1 amide bonds. The number of likely N-dealkylation sites (tertiary alicyclic amines) is 1. The molecule has 0 spiro atoms. The molecule has 2 atom stereocenters. The van der Waals surface area contributed by atoms with Crippen LogP contribution in [0.5, 0.6) is 0 Å². The number of ether oxygens (including phenoxy) is 2. The molecule has 142 valence electrons. The van der Waals surface area contributed by atoms with Gasteiger partial charge in [-0.1, -0.05) is 0 Å². The molecule has 7 nitrogen and oxygen atoms in total. The van der Waals surface area contributed by atoms with Crippen LogP contribution >= 0.6 is 0 Å². The van der Waals surface area contributed by atoms with Gasteiger partial charge in [0.25, 0.3) is 0 Å². The second kappa shape index (κ2) is 7.92. The number of hydrogen-bond donors (Lipinski definition) is 1. The maximum absolute atomic E-state index is 12.4. The van der Waals surface area contributed by atoms with Gasteiger partial charge in [-0.3, -0.25) is 14.6 Å². The fraction of sp³-hybridized carbons (Fsp3) is 0.632. The minimum absolute atomic E-state index is 0.0328. The lowest BCUT2D eigenvalue weighted by molar-refractivity contribution is -0.117. The first kappa shape index (κ1) is 17.7. The first-order valence-corrected chi connectivity index (χ1v) is 9.46. The van der Waals surface area contributed by atoms with Crippen LogP contribution in [-0.4, -0.2) is 94.0 Å². The Morgan fingerprint density at radius 1 is 1.12 bits per heavy atom. The molecule has 3 heterocycles. The Hall–Kier alpha value is -1.67. The lowest BCUT2D eigenvalue weighted by Gasteiger charge is -2.33. The fourth-order valence-electron chi connectivity index (χ4n) is 4.04. The molecule has 3 aliphatic rings. The van der Waals surface area contributed by atoms with E-state index in [1.165, 1.54) is 5.69 Å². The van der Waals surface area contributed by atoms with E-state index < -0.39 is 0 Å². The van der Waals surface area contributed by atoms with Crippen molar-refractivity contribution in [2.75, 3.05) is 76.4 Å². The zero-order valence-corrected chi connectivity index (χ0v) is 15.4. The molecule has 2 unspecified atom stereocenters. The maximum Gasteiger partial charge on any atom is 0.238 e. The Bertz CT molecular complexity index is 618. The van der Waals surface area contributed by atoms with Crippen LogP contribution in [0.3, 0.4) is 0 Å². The minimum atomic E-state index is 0.0328. The third-order valence-corrected chi connectivity index (χ3v) is 5.55. The van der Waals surface area contributed by atoms with Crippen molar-refractivity contribution in [1.29, 1.82) is 0 Å². The van der Waals surface area contributed by atoms with Crippen molar-refractivity contribution in [3.63, 3.8) is 0 Å². The molecular formula is C19H28N4O3. The number of rotatable bonds is 4. The summed E-state index contributed by atoms with van der Waals surface area (Å²) in [4.78, 5) is 19.2. The normalized spacial score (nSPS) is 27.3. The summed E-state index contributed by atoms with van der Waals surface area (Å²) < 4.78 is 11.2. The van der Waals surface area contributed by atoms with Gasteiger partial charge in [0.15, 0.2) is 0 Å². The first-order chi connectivity index (χ1) is 12.7. The van der Waals surface area contributed by atoms with Gasteiger partial charge in [-0.25, -0.2) is 0 Å². The molecule has 3 fully saturated rings. The van der Waals surface area contributed by atoms with Gasteiger partial charge < -0.3 is 19.7 Å². The molecule has 7 heteroatoms. The highest BCUT2D eigenvalue weighted by Gasteiger charge is 2.38. The zero-order chi connectivity index (χ0) is 17.9. The average molecular weight is 360 g/mol. The number of fused-ring (bicyclic) bond motifs is 1. The minimum Gasteiger partial charge on any atom is -0.378 e. The molecule has 0 aromatic heterocycles. The largest absolute Gasteiger partial charge is 0.378 e. The highest BCUT2D eigenvalue weighted by atomic mass is 16.5. The van der Waals surface area contributed by atoms with Crippen molar-refractivity contribution in [2.24, 2.45) is 0 Å². The van der Waals surface area contributed by atoms with Gasteiger partial charge in [0.05, 0.1) is 32.5 Å². The highest BCUT2D eigenvalue weighted by Crippen LogP contribution is 2.22. The molecule has 0 saturated carbocycles. The number of carbonyl (C=O) groups excluding carboxylic acids is 1. The number of hydrogen-bond acceptors (Lipinski definition) is 6. The quantitative estimate of drug-likeness (QED) is 0.843. The van der Waals surface area contributed by atoms with E-state index in [0.29, 0.717) is 12.6 Å². The van der Waals surface area contributed by atoms with Crippen molar-refractivity contribution < 1.29 is 14.3 Å². The molecule has 1 aromatic carbocycles. The van der Waals surface area contributed by atoms with Crippen molar-refractivity contribution in [2.45, 2.75) is 12.1 Å². The standard InChI is InChI=1S/C19H28N4O3/c1-21-6-11-26-18-13-22(12-17(18)21)14-19(24)20-15-2-4-16(5-3-15)23-7-9-25-10-8-23/h2-5,17-18H,6-14H2,1H3,(H,20,24). The van der Waals surface area contributed by atoms with E-state index in [-0.39, 0.29) is 12.0 Å². The van der Waals surface area contributed by atoms with Crippen LogP contribution in [0, 0.1) is 0 Å². The van der Waals surface area contributed by atoms with Crippen LogP contribution in [0.15, 0.2) is 24.3 Å². The smallest absolute Gasteiger partial charge is 0.238 e. The molecule has 3 saturated heterocycles. The molecule has 4 rings (SSSR count). The van der Waals surface area contributed by atoms with Crippen molar-refractivity contribution in [3.8, 4) is 0 Å². The van der Waals surface area contributed by atoms with E-state index in [1.807, 2.05) is 12.1 Å². The Morgan fingerprint density at radius 3 is 2.62 bits per heavy atom. The fourth-order valence-corrected chi connectivity index (χ4v) is 4.04. The number of carbonyl (C=O) groups is 1. The summed E-state index contributed by atoms with van der Waals surface area (Å²) in [5, 5.41) is 3.01. The van der Waals surface area contributed by atoms with Gasteiger partial charge in [-0.2, -0.15) is 0 Å². The number of anilines is 2. The molecule has 0 radical (unpaired) electrons. The third-order valence-electron chi connectivity index (χ3n) is 5.55. The second-order valence-corrected chi connectivity index (χ2v) is 7.35. The monoisotopic (exact) mass is 360 g/mol. The lowest BCUT2D eigenvalue weighted by atomic mass is 10.1. The van der Waals surface area contributed by atoms with E-state index in [1.54, 1.807) is 0 Å². The molecular weight excluding hydrogens is 332 g/mol. The van der Waals surface area contributed by atoms with Gasteiger partial charge in [-0.05, 0) is 31.3 Å². The van der Waals surface area contributed by atoms with Crippen LogP contribution in [0.25, 0.3) is 0 Å². The van der Waals surface area contributed by atoms with E-state index in [0.717, 1.165) is 58.2 Å². The second-order valence-electron chi connectivity index (χ2n) is 7.35. The van der Waals surface area contributed by atoms with Gasteiger partial charge in [-0.15, -0.1) is 0 Å². The zero-order valence-electron chi connectivity index (χ0n) is 15.4. The number of likely N-dealkylation sites (N-methyl/N-ethyl adjacent to an activating group) is 1. The molecule has 0 aliphatic carbocycles. The van der Waals surface area contributed by atoms with E-state index in [9.17, 15) is 4.79 Å². The van der Waals surface area contributed by atoms with E-state index >= 15 is 0 Å².